The number of H-pyrrole nitrogens is 1. The molecule has 3 rings (SSSR count). The topological polar surface area (TPSA) is 41.6 Å². The number of fused-ring (bicyclic) bond motifs is 1. The van der Waals surface area contributed by atoms with Crippen LogP contribution in [0.25, 0.3) is 23.1 Å². The maximum absolute atomic E-state index is 4.27. The molecule has 4 heteroatoms. The number of aromatic amines is 1. The van der Waals surface area contributed by atoms with Crippen LogP contribution in [0.3, 0.4) is 0 Å². The smallest absolute Gasteiger partial charge is 0.0927 e. The van der Waals surface area contributed by atoms with Gasteiger partial charge in [-0.05, 0) is 23.7 Å². The Labute approximate surface area is 96.6 Å². The van der Waals surface area contributed by atoms with Crippen molar-refractivity contribution in [1.82, 2.24) is 14.6 Å². The third kappa shape index (κ3) is 1.63. The molecule has 0 saturated heterocycles. The SMILES string of the molecule is C(=C\c1n[nH]c2ccccc12)/c1cnsc1. The second kappa shape index (κ2) is 3.90. The molecule has 1 aromatic carbocycles. The van der Waals surface area contributed by atoms with Gasteiger partial charge in [-0.25, -0.2) is 4.37 Å². The fourth-order valence-corrected chi connectivity index (χ4v) is 2.09. The Bertz CT molecular complexity index is 623. The van der Waals surface area contributed by atoms with E-state index in [4.69, 9.17) is 0 Å². The first-order valence-corrected chi connectivity index (χ1v) is 5.78. The minimum absolute atomic E-state index is 0.960. The van der Waals surface area contributed by atoms with Gasteiger partial charge < -0.3 is 0 Å². The van der Waals surface area contributed by atoms with Crippen LogP contribution in [-0.4, -0.2) is 14.6 Å². The third-order valence-electron chi connectivity index (χ3n) is 2.38. The van der Waals surface area contributed by atoms with Gasteiger partial charge in [-0.15, -0.1) is 0 Å². The third-order valence-corrected chi connectivity index (χ3v) is 2.99. The first-order valence-electron chi connectivity index (χ1n) is 4.94. The van der Waals surface area contributed by atoms with E-state index in [1.54, 1.807) is 0 Å². The van der Waals surface area contributed by atoms with Gasteiger partial charge in [0.25, 0.3) is 0 Å². The van der Waals surface area contributed by atoms with E-state index in [1.807, 2.05) is 41.9 Å². The molecule has 3 aromatic rings. The van der Waals surface area contributed by atoms with Crippen molar-refractivity contribution < 1.29 is 0 Å². The van der Waals surface area contributed by atoms with Gasteiger partial charge >= 0.3 is 0 Å². The summed E-state index contributed by atoms with van der Waals surface area (Å²) in [6.45, 7) is 0. The van der Waals surface area contributed by atoms with Gasteiger partial charge in [0.1, 0.15) is 0 Å². The molecule has 0 unspecified atom stereocenters. The Balaban J connectivity index is 2.01. The van der Waals surface area contributed by atoms with Gasteiger partial charge in [0.2, 0.25) is 0 Å². The Kier molecular flexibility index (Phi) is 2.27. The number of aromatic nitrogens is 3. The molecule has 0 aliphatic heterocycles. The average Bonchev–Trinajstić information content (AvgIpc) is 2.96. The molecule has 0 aliphatic rings. The Hall–Kier alpha value is -1.94. The number of rotatable bonds is 2. The normalized spacial score (nSPS) is 11.5. The number of hydrogen-bond donors (Lipinski definition) is 1. The molecule has 0 saturated carbocycles. The van der Waals surface area contributed by atoms with Crippen molar-refractivity contribution in [2.24, 2.45) is 0 Å². The Morgan fingerprint density at radius 1 is 1.19 bits per heavy atom. The molecule has 2 aromatic heterocycles. The lowest BCUT2D eigenvalue weighted by atomic mass is 10.2. The molecule has 0 amide bonds. The maximum Gasteiger partial charge on any atom is 0.0927 e. The van der Waals surface area contributed by atoms with Crippen LogP contribution in [0, 0.1) is 0 Å². The monoisotopic (exact) mass is 227 g/mol. The van der Waals surface area contributed by atoms with Crippen molar-refractivity contribution in [3.63, 3.8) is 0 Å². The van der Waals surface area contributed by atoms with Crippen LogP contribution in [0.15, 0.2) is 35.8 Å². The quantitative estimate of drug-likeness (QED) is 0.730. The van der Waals surface area contributed by atoms with E-state index in [-0.39, 0.29) is 0 Å². The van der Waals surface area contributed by atoms with Crippen LogP contribution in [-0.2, 0) is 0 Å². The zero-order valence-corrected chi connectivity index (χ0v) is 9.24. The van der Waals surface area contributed by atoms with Gasteiger partial charge in [0.05, 0.1) is 11.2 Å². The van der Waals surface area contributed by atoms with Crippen LogP contribution < -0.4 is 0 Å². The van der Waals surface area contributed by atoms with Crippen molar-refractivity contribution in [3.8, 4) is 0 Å². The predicted octanol–water partition coefficient (Wildman–Crippen LogP) is 3.19. The Morgan fingerprint density at radius 3 is 3.00 bits per heavy atom. The van der Waals surface area contributed by atoms with Crippen molar-refractivity contribution in [3.05, 3.63) is 47.1 Å². The summed E-state index contributed by atoms with van der Waals surface area (Å²) in [5, 5.41) is 10.4. The standard InChI is InChI=1S/C12H9N3S/c1-2-4-11-10(3-1)12(15-14-11)6-5-9-7-13-16-8-9/h1-8H,(H,14,15)/b6-5+. The van der Waals surface area contributed by atoms with Crippen LogP contribution in [0.5, 0.6) is 0 Å². The van der Waals surface area contributed by atoms with Crippen LogP contribution in [0.2, 0.25) is 0 Å². The molecule has 0 spiro atoms. The second-order valence-corrected chi connectivity index (χ2v) is 4.10. The molecule has 3 nitrogen and oxygen atoms in total. The number of nitrogens with one attached hydrogen (secondary N) is 1. The lowest BCUT2D eigenvalue weighted by Crippen LogP contribution is -1.71. The van der Waals surface area contributed by atoms with Crippen LogP contribution in [0.1, 0.15) is 11.3 Å². The van der Waals surface area contributed by atoms with Gasteiger partial charge in [0, 0.05) is 22.5 Å². The van der Waals surface area contributed by atoms with Crippen molar-refractivity contribution in [2.45, 2.75) is 0 Å². The van der Waals surface area contributed by atoms with E-state index >= 15 is 0 Å². The highest BCUT2D eigenvalue weighted by Crippen LogP contribution is 2.17. The molecule has 0 fully saturated rings. The maximum atomic E-state index is 4.27. The summed E-state index contributed by atoms with van der Waals surface area (Å²) < 4.78 is 4.05. The first-order chi connectivity index (χ1) is 7.93. The lowest BCUT2D eigenvalue weighted by Gasteiger charge is -1.87. The number of nitrogens with zero attached hydrogens (tertiary/aromatic N) is 2. The zero-order chi connectivity index (χ0) is 10.8. The number of para-hydroxylation sites is 1. The largest absolute Gasteiger partial charge is 0.277 e. The molecular weight excluding hydrogens is 218 g/mol. The van der Waals surface area contributed by atoms with E-state index in [0.717, 1.165) is 22.2 Å². The van der Waals surface area contributed by atoms with Crippen molar-refractivity contribution >= 4 is 34.6 Å². The van der Waals surface area contributed by atoms with Crippen molar-refractivity contribution in [1.29, 1.82) is 0 Å². The molecule has 0 radical (unpaired) electrons. The van der Waals surface area contributed by atoms with Crippen LogP contribution >= 0.6 is 11.5 Å². The zero-order valence-electron chi connectivity index (χ0n) is 8.42. The fourth-order valence-electron chi connectivity index (χ4n) is 1.58. The van der Waals surface area contributed by atoms with Crippen molar-refractivity contribution in [2.75, 3.05) is 0 Å². The lowest BCUT2D eigenvalue weighted by molar-refractivity contribution is 1.11. The van der Waals surface area contributed by atoms with Gasteiger partial charge in [-0.2, -0.15) is 5.10 Å². The molecule has 1 N–H and O–H groups in total. The summed E-state index contributed by atoms with van der Waals surface area (Å²) in [7, 11) is 0. The van der Waals surface area contributed by atoms with E-state index in [9.17, 15) is 0 Å². The summed E-state index contributed by atoms with van der Waals surface area (Å²) >= 11 is 1.45. The summed E-state index contributed by atoms with van der Waals surface area (Å²) in [4.78, 5) is 0. The Morgan fingerprint density at radius 2 is 2.12 bits per heavy atom. The number of benzene rings is 1. The molecule has 78 valence electrons. The van der Waals surface area contributed by atoms with Crippen LogP contribution in [0.4, 0.5) is 0 Å². The minimum atomic E-state index is 0.960. The predicted molar refractivity (Wildman–Crippen MR) is 67.1 cm³/mol. The summed E-state index contributed by atoms with van der Waals surface area (Å²) in [5.74, 6) is 0. The molecule has 0 bridgehead atoms. The van der Waals surface area contributed by atoms with E-state index in [2.05, 4.69) is 20.6 Å². The minimum Gasteiger partial charge on any atom is -0.277 e. The summed E-state index contributed by atoms with van der Waals surface area (Å²) in [5.41, 5.74) is 3.13. The summed E-state index contributed by atoms with van der Waals surface area (Å²) in [6.07, 6.45) is 5.87. The summed E-state index contributed by atoms with van der Waals surface area (Å²) in [6, 6.07) is 8.09. The number of hydrogen-bond acceptors (Lipinski definition) is 3. The highest BCUT2D eigenvalue weighted by molar-refractivity contribution is 7.03. The van der Waals surface area contributed by atoms with Gasteiger partial charge in [-0.1, -0.05) is 24.3 Å². The van der Waals surface area contributed by atoms with Gasteiger partial charge in [-0.3, -0.25) is 5.10 Å². The fraction of sp³-hybridized carbons (Fsp3) is 0. The highest BCUT2D eigenvalue weighted by atomic mass is 32.1. The average molecular weight is 227 g/mol. The molecule has 2 heterocycles. The molecule has 16 heavy (non-hydrogen) atoms. The first kappa shape index (κ1) is 9.30. The highest BCUT2D eigenvalue weighted by Gasteiger charge is 2.00. The van der Waals surface area contributed by atoms with Gasteiger partial charge in [0.15, 0.2) is 0 Å². The van der Waals surface area contributed by atoms with E-state index in [0.29, 0.717) is 0 Å². The van der Waals surface area contributed by atoms with E-state index < -0.39 is 0 Å². The van der Waals surface area contributed by atoms with E-state index in [1.165, 1.54) is 11.5 Å². The molecule has 0 atom stereocenters. The molecule has 0 aliphatic carbocycles. The second-order valence-electron chi connectivity index (χ2n) is 3.45. The molecular formula is C12H9N3S.